The van der Waals surface area contributed by atoms with Crippen LogP contribution in [0.3, 0.4) is 0 Å². The number of carbonyl (C=O) groups is 1. The lowest BCUT2D eigenvalue weighted by Crippen LogP contribution is -2.38. The predicted molar refractivity (Wildman–Crippen MR) is 76.6 cm³/mol. The Hall–Kier alpha value is -1.73. The third kappa shape index (κ3) is 3.23. The molecule has 0 aliphatic heterocycles. The van der Waals surface area contributed by atoms with Crippen LogP contribution in [0.4, 0.5) is 0 Å². The average molecular weight is 294 g/mol. The van der Waals surface area contributed by atoms with Gasteiger partial charge in [-0.3, -0.25) is 9.48 Å². The minimum absolute atomic E-state index is 0.122. The summed E-state index contributed by atoms with van der Waals surface area (Å²) in [7, 11) is 1.78. The zero-order valence-corrected chi connectivity index (χ0v) is 12.6. The fraction of sp³-hybridized carbons (Fsp3) is 0.462. The van der Waals surface area contributed by atoms with Crippen LogP contribution in [0.25, 0.3) is 0 Å². The molecule has 1 atom stereocenters. The summed E-state index contributed by atoms with van der Waals surface area (Å²) < 4.78 is 1.61. The third-order valence-electron chi connectivity index (χ3n) is 3.00. The quantitative estimate of drug-likeness (QED) is 0.864. The van der Waals surface area contributed by atoms with Crippen LogP contribution in [0, 0.1) is 0 Å². The van der Waals surface area contributed by atoms with E-state index in [9.17, 15) is 9.90 Å². The molecule has 2 heterocycles. The molecule has 0 aliphatic rings. The maximum Gasteiger partial charge on any atom is 0.263 e. The maximum atomic E-state index is 12.0. The Morgan fingerprint density at radius 3 is 2.85 bits per heavy atom. The minimum Gasteiger partial charge on any atom is -0.383 e. The van der Waals surface area contributed by atoms with Crippen LogP contribution in [-0.2, 0) is 19.1 Å². The number of thiazole rings is 1. The van der Waals surface area contributed by atoms with Crippen molar-refractivity contribution < 1.29 is 9.90 Å². The van der Waals surface area contributed by atoms with Gasteiger partial charge in [-0.2, -0.15) is 5.10 Å². The van der Waals surface area contributed by atoms with Gasteiger partial charge in [0.25, 0.3) is 5.91 Å². The van der Waals surface area contributed by atoms with Crippen molar-refractivity contribution in [3.8, 4) is 0 Å². The summed E-state index contributed by atoms with van der Waals surface area (Å²) in [5, 5.41) is 18.0. The minimum atomic E-state index is -1.15. The third-order valence-corrected chi connectivity index (χ3v) is 4.14. The molecule has 2 N–H and O–H groups in total. The Morgan fingerprint density at radius 1 is 1.55 bits per heavy atom. The summed E-state index contributed by atoms with van der Waals surface area (Å²) in [6.07, 6.45) is 5.70. The number of aliphatic hydroxyl groups is 1. The van der Waals surface area contributed by atoms with Gasteiger partial charge in [0.2, 0.25) is 0 Å². The number of rotatable bonds is 5. The fourth-order valence-corrected chi connectivity index (χ4v) is 2.49. The van der Waals surface area contributed by atoms with Crippen molar-refractivity contribution in [3.05, 3.63) is 34.0 Å². The van der Waals surface area contributed by atoms with Crippen LogP contribution in [0.2, 0.25) is 0 Å². The molecule has 2 rings (SSSR count). The Labute approximate surface area is 121 Å². The number of carbonyl (C=O) groups excluding carboxylic acids is 1. The number of nitrogens with zero attached hydrogens (tertiary/aromatic N) is 3. The van der Waals surface area contributed by atoms with Crippen LogP contribution in [0.15, 0.2) is 18.6 Å². The summed E-state index contributed by atoms with van der Waals surface area (Å²) in [6.45, 7) is 3.76. The first-order chi connectivity index (χ1) is 9.42. The first kappa shape index (κ1) is 14.7. The molecule has 7 heteroatoms. The molecule has 0 saturated carbocycles. The molecule has 0 fully saturated rings. The van der Waals surface area contributed by atoms with Crippen molar-refractivity contribution in [2.75, 3.05) is 6.54 Å². The lowest BCUT2D eigenvalue weighted by molar-refractivity contribution is 0.0527. The molecule has 1 unspecified atom stereocenters. The maximum absolute atomic E-state index is 12.0. The van der Waals surface area contributed by atoms with Crippen molar-refractivity contribution >= 4 is 17.2 Å². The highest BCUT2D eigenvalue weighted by Gasteiger charge is 2.25. The number of nitrogens with one attached hydrogen (secondary N) is 1. The largest absolute Gasteiger partial charge is 0.383 e. The zero-order chi connectivity index (χ0) is 14.8. The van der Waals surface area contributed by atoms with E-state index in [2.05, 4.69) is 15.4 Å². The van der Waals surface area contributed by atoms with E-state index in [4.69, 9.17) is 0 Å². The number of hydrogen-bond acceptors (Lipinski definition) is 5. The van der Waals surface area contributed by atoms with E-state index in [1.807, 2.05) is 6.92 Å². The second-order valence-electron chi connectivity index (χ2n) is 4.83. The summed E-state index contributed by atoms with van der Waals surface area (Å²) in [4.78, 5) is 16.7. The van der Waals surface area contributed by atoms with Gasteiger partial charge in [-0.05, 0) is 13.3 Å². The standard InChI is InChI=1S/C13H18N4O2S/c1-4-11-14-6-10(20-11)12(18)15-8-13(2,19)9-5-16-17(3)7-9/h5-7,19H,4,8H2,1-3H3,(H,15,18). The van der Waals surface area contributed by atoms with Gasteiger partial charge in [0.1, 0.15) is 10.5 Å². The second-order valence-corrected chi connectivity index (χ2v) is 5.95. The van der Waals surface area contributed by atoms with Gasteiger partial charge < -0.3 is 10.4 Å². The van der Waals surface area contributed by atoms with Gasteiger partial charge in [0, 0.05) is 18.8 Å². The van der Waals surface area contributed by atoms with Crippen molar-refractivity contribution in [1.82, 2.24) is 20.1 Å². The Balaban J connectivity index is 1.98. The highest BCUT2D eigenvalue weighted by atomic mass is 32.1. The number of hydrogen-bond donors (Lipinski definition) is 2. The molecule has 0 aromatic carbocycles. The second kappa shape index (κ2) is 5.72. The zero-order valence-electron chi connectivity index (χ0n) is 11.8. The van der Waals surface area contributed by atoms with Gasteiger partial charge in [-0.15, -0.1) is 11.3 Å². The van der Waals surface area contributed by atoms with Crippen LogP contribution in [-0.4, -0.2) is 32.3 Å². The van der Waals surface area contributed by atoms with E-state index in [1.165, 1.54) is 11.3 Å². The van der Waals surface area contributed by atoms with Crippen molar-refractivity contribution in [2.45, 2.75) is 25.9 Å². The Bertz CT molecular complexity index is 603. The van der Waals surface area contributed by atoms with E-state index in [0.29, 0.717) is 10.4 Å². The van der Waals surface area contributed by atoms with E-state index in [1.54, 1.807) is 37.2 Å². The summed E-state index contributed by atoms with van der Waals surface area (Å²) >= 11 is 1.37. The molecule has 108 valence electrons. The molecule has 0 aliphatic carbocycles. The molecular weight excluding hydrogens is 276 g/mol. The van der Waals surface area contributed by atoms with E-state index < -0.39 is 5.60 Å². The topological polar surface area (TPSA) is 80.0 Å². The lowest BCUT2D eigenvalue weighted by atomic mass is 10.00. The molecule has 0 radical (unpaired) electrons. The Morgan fingerprint density at radius 2 is 2.30 bits per heavy atom. The number of amides is 1. The smallest absolute Gasteiger partial charge is 0.263 e. The molecule has 2 aromatic heterocycles. The summed E-state index contributed by atoms with van der Waals surface area (Å²) in [5.41, 5.74) is -0.485. The molecule has 0 spiro atoms. The predicted octanol–water partition coefficient (Wildman–Crippen LogP) is 1.08. The molecule has 0 saturated heterocycles. The molecule has 0 bridgehead atoms. The van der Waals surface area contributed by atoms with Crippen LogP contribution in [0.1, 0.15) is 34.1 Å². The van der Waals surface area contributed by atoms with Gasteiger partial charge in [0.15, 0.2) is 0 Å². The summed E-state index contributed by atoms with van der Waals surface area (Å²) in [6, 6.07) is 0. The highest BCUT2D eigenvalue weighted by Crippen LogP contribution is 2.19. The van der Waals surface area contributed by atoms with Crippen molar-refractivity contribution in [1.29, 1.82) is 0 Å². The molecule has 2 aromatic rings. The van der Waals surface area contributed by atoms with E-state index in [0.717, 1.165) is 11.4 Å². The number of aryl methyl sites for hydroxylation is 2. The molecule has 1 amide bonds. The van der Waals surface area contributed by atoms with Gasteiger partial charge >= 0.3 is 0 Å². The lowest BCUT2D eigenvalue weighted by Gasteiger charge is -2.21. The van der Waals surface area contributed by atoms with Crippen LogP contribution in [0.5, 0.6) is 0 Å². The van der Waals surface area contributed by atoms with Crippen molar-refractivity contribution in [3.63, 3.8) is 0 Å². The van der Waals surface area contributed by atoms with E-state index >= 15 is 0 Å². The first-order valence-electron chi connectivity index (χ1n) is 6.37. The van der Waals surface area contributed by atoms with Crippen LogP contribution < -0.4 is 5.32 Å². The first-order valence-corrected chi connectivity index (χ1v) is 7.18. The fourth-order valence-electron chi connectivity index (χ4n) is 1.72. The monoisotopic (exact) mass is 294 g/mol. The van der Waals surface area contributed by atoms with Crippen molar-refractivity contribution in [2.24, 2.45) is 7.05 Å². The van der Waals surface area contributed by atoms with E-state index in [-0.39, 0.29) is 12.5 Å². The van der Waals surface area contributed by atoms with Crippen LogP contribution >= 0.6 is 11.3 Å². The Kier molecular flexibility index (Phi) is 4.20. The molecule has 6 nitrogen and oxygen atoms in total. The SMILES string of the molecule is CCc1ncc(C(=O)NCC(C)(O)c2cnn(C)c2)s1. The molecular formula is C13H18N4O2S. The average Bonchev–Trinajstić information content (AvgIpc) is 3.04. The number of aromatic nitrogens is 3. The summed E-state index contributed by atoms with van der Waals surface area (Å²) in [5.74, 6) is -0.216. The van der Waals surface area contributed by atoms with Gasteiger partial charge in [-0.25, -0.2) is 4.98 Å². The highest BCUT2D eigenvalue weighted by molar-refractivity contribution is 7.13. The molecule has 20 heavy (non-hydrogen) atoms. The normalized spacial score (nSPS) is 14.0. The van der Waals surface area contributed by atoms with Gasteiger partial charge in [0.05, 0.1) is 23.9 Å². The van der Waals surface area contributed by atoms with Gasteiger partial charge in [-0.1, -0.05) is 6.92 Å².